The Hall–Kier alpha value is -6.52. The molecule has 0 radical (unpaired) electrons. The summed E-state index contributed by atoms with van der Waals surface area (Å²) in [7, 11) is 0. The third-order valence-corrected chi connectivity index (χ3v) is 12.6. The van der Waals surface area contributed by atoms with Crippen LogP contribution in [0.25, 0.3) is 74.4 Å². The van der Waals surface area contributed by atoms with Crippen LogP contribution in [0.2, 0.25) is 0 Å². The van der Waals surface area contributed by atoms with Crippen LogP contribution in [0.3, 0.4) is 0 Å². The van der Waals surface area contributed by atoms with Crippen LogP contribution in [0, 0.1) is 0 Å². The monoisotopic (exact) mass is 737 g/mol. The largest absolute Gasteiger partial charge is 0.311 e. The molecule has 2 heterocycles. The van der Waals surface area contributed by atoms with Gasteiger partial charge in [-0.3, -0.25) is 0 Å². The number of rotatable bonds is 8. The van der Waals surface area contributed by atoms with Gasteiger partial charge in [-0.2, -0.15) is 0 Å². The van der Waals surface area contributed by atoms with Crippen LogP contribution < -0.4 is 4.90 Å². The van der Waals surface area contributed by atoms with Crippen molar-refractivity contribution in [3.63, 3.8) is 0 Å². The minimum atomic E-state index is 1.11. The quantitative estimate of drug-likeness (QED) is 0.150. The first-order chi connectivity index (χ1) is 27.2. The third-order valence-electron chi connectivity index (χ3n) is 10.3. The molecule has 0 saturated carbocycles. The molecule has 0 N–H and O–H groups in total. The number of benzene rings is 8. The molecule has 2 aromatic heterocycles. The minimum absolute atomic E-state index is 1.11. The van der Waals surface area contributed by atoms with Crippen molar-refractivity contribution in [2.45, 2.75) is 0 Å². The van der Waals surface area contributed by atoms with Gasteiger partial charge in [0.25, 0.3) is 0 Å². The standard InChI is InChI=1S/C52H35NS2/c1-4-10-36(11-5-1)37-20-26-46(27-21-37)53(47-28-22-38(23-29-47)42-16-18-44-34-49(54-51(44)32-42)40-12-6-2-7-13-40)48-30-24-39(25-31-48)43-17-19-45-35-50(55-52(45)33-43)41-14-8-3-9-15-41/h1-35H. The van der Waals surface area contributed by atoms with E-state index in [0.29, 0.717) is 0 Å². The van der Waals surface area contributed by atoms with Crippen LogP contribution in [0.1, 0.15) is 0 Å². The van der Waals surface area contributed by atoms with Crippen LogP contribution in [-0.2, 0) is 0 Å². The van der Waals surface area contributed by atoms with E-state index in [4.69, 9.17) is 0 Å². The Balaban J connectivity index is 0.978. The highest BCUT2D eigenvalue weighted by molar-refractivity contribution is 7.22. The normalized spacial score (nSPS) is 11.3. The van der Waals surface area contributed by atoms with Crippen molar-refractivity contribution in [1.29, 1.82) is 0 Å². The number of anilines is 3. The fraction of sp³-hybridized carbons (Fsp3) is 0. The molecule has 3 heteroatoms. The zero-order valence-electron chi connectivity index (χ0n) is 30.0. The van der Waals surface area contributed by atoms with E-state index < -0.39 is 0 Å². The maximum absolute atomic E-state index is 2.35. The van der Waals surface area contributed by atoms with Gasteiger partial charge >= 0.3 is 0 Å². The van der Waals surface area contributed by atoms with Gasteiger partial charge in [-0.1, -0.05) is 152 Å². The molecular weight excluding hydrogens is 703 g/mol. The second-order valence-electron chi connectivity index (χ2n) is 13.8. The Kier molecular flexibility index (Phi) is 8.64. The number of nitrogens with zero attached hydrogens (tertiary/aromatic N) is 1. The Bertz CT molecular complexity index is 2710. The Morgan fingerprint density at radius 2 is 0.564 bits per heavy atom. The fourth-order valence-corrected chi connectivity index (χ4v) is 9.61. The summed E-state index contributed by atoms with van der Waals surface area (Å²) >= 11 is 3.71. The lowest BCUT2D eigenvalue weighted by Crippen LogP contribution is -2.09. The predicted octanol–water partition coefficient (Wildman–Crippen LogP) is 15.9. The molecule has 0 spiro atoms. The van der Waals surface area contributed by atoms with Crippen molar-refractivity contribution in [2.75, 3.05) is 4.90 Å². The van der Waals surface area contributed by atoms with Gasteiger partial charge in [0.05, 0.1) is 0 Å². The first kappa shape index (κ1) is 33.1. The van der Waals surface area contributed by atoms with E-state index in [0.717, 1.165) is 17.1 Å². The summed E-state index contributed by atoms with van der Waals surface area (Å²) in [6.07, 6.45) is 0. The lowest BCUT2D eigenvalue weighted by molar-refractivity contribution is 1.28. The molecule has 0 aliphatic rings. The summed E-state index contributed by atoms with van der Waals surface area (Å²) in [6, 6.07) is 77.0. The van der Waals surface area contributed by atoms with Crippen LogP contribution in [-0.4, -0.2) is 0 Å². The van der Waals surface area contributed by atoms with Crippen LogP contribution in [0.5, 0.6) is 0 Å². The molecule has 0 saturated heterocycles. The van der Waals surface area contributed by atoms with Gasteiger partial charge in [-0.25, -0.2) is 0 Å². The van der Waals surface area contributed by atoms with Gasteiger partial charge in [0.15, 0.2) is 0 Å². The number of hydrogen-bond donors (Lipinski definition) is 0. The molecule has 0 bridgehead atoms. The maximum atomic E-state index is 2.35. The summed E-state index contributed by atoms with van der Waals surface area (Å²) in [5, 5.41) is 2.56. The molecule has 0 unspecified atom stereocenters. The van der Waals surface area contributed by atoms with Crippen molar-refractivity contribution in [3.05, 3.63) is 212 Å². The van der Waals surface area contributed by atoms with Crippen molar-refractivity contribution in [3.8, 4) is 54.3 Å². The second-order valence-corrected chi connectivity index (χ2v) is 16.0. The van der Waals surface area contributed by atoms with Gasteiger partial charge in [0.1, 0.15) is 0 Å². The highest BCUT2D eigenvalue weighted by Crippen LogP contribution is 2.41. The van der Waals surface area contributed by atoms with E-state index in [-0.39, 0.29) is 0 Å². The predicted molar refractivity (Wildman–Crippen MR) is 239 cm³/mol. The molecule has 55 heavy (non-hydrogen) atoms. The molecule has 260 valence electrons. The molecule has 8 aromatic carbocycles. The molecule has 1 nitrogen and oxygen atoms in total. The smallest absolute Gasteiger partial charge is 0.0462 e. The van der Waals surface area contributed by atoms with E-state index in [9.17, 15) is 0 Å². The van der Waals surface area contributed by atoms with E-state index in [2.05, 4.69) is 217 Å². The summed E-state index contributed by atoms with van der Waals surface area (Å²) in [6.45, 7) is 0. The van der Waals surface area contributed by atoms with Gasteiger partial charge in [0.2, 0.25) is 0 Å². The summed E-state index contributed by atoms with van der Waals surface area (Å²) in [5.74, 6) is 0. The zero-order chi connectivity index (χ0) is 36.6. The van der Waals surface area contributed by atoms with Gasteiger partial charge < -0.3 is 4.90 Å². The highest BCUT2D eigenvalue weighted by atomic mass is 32.1. The van der Waals surface area contributed by atoms with Gasteiger partial charge in [0, 0.05) is 36.2 Å². The topological polar surface area (TPSA) is 3.24 Å². The lowest BCUT2D eigenvalue weighted by atomic mass is 10.0. The van der Waals surface area contributed by atoms with Crippen molar-refractivity contribution < 1.29 is 0 Å². The number of fused-ring (bicyclic) bond motifs is 2. The van der Waals surface area contributed by atoms with Gasteiger partial charge in [-0.15, -0.1) is 22.7 Å². The molecule has 0 amide bonds. The van der Waals surface area contributed by atoms with E-state index in [1.807, 2.05) is 22.7 Å². The van der Waals surface area contributed by atoms with E-state index in [1.54, 1.807) is 0 Å². The maximum Gasteiger partial charge on any atom is 0.0462 e. The molecular formula is C52H35NS2. The SMILES string of the molecule is c1ccc(-c2ccc(N(c3ccc(-c4ccc5cc(-c6ccccc6)sc5c4)cc3)c3ccc(-c4ccc5cc(-c6ccccc6)sc5c4)cc3)cc2)cc1. The Morgan fingerprint density at radius 1 is 0.255 bits per heavy atom. The van der Waals surface area contributed by atoms with Crippen LogP contribution in [0.15, 0.2) is 212 Å². The number of hydrogen-bond acceptors (Lipinski definition) is 3. The lowest BCUT2D eigenvalue weighted by Gasteiger charge is -2.26. The van der Waals surface area contributed by atoms with Crippen LogP contribution in [0.4, 0.5) is 17.1 Å². The number of thiophene rings is 2. The molecule has 0 atom stereocenters. The molecule has 10 aromatic rings. The Morgan fingerprint density at radius 3 is 0.945 bits per heavy atom. The zero-order valence-corrected chi connectivity index (χ0v) is 31.6. The van der Waals surface area contributed by atoms with Crippen molar-refractivity contribution in [1.82, 2.24) is 0 Å². The van der Waals surface area contributed by atoms with Gasteiger partial charge in [-0.05, 0) is 116 Å². The first-order valence-electron chi connectivity index (χ1n) is 18.6. The fourth-order valence-electron chi connectivity index (χ4n) is 7.40. The molecule has 10 rings (SSSR count). The molecule has 0 fully saturated rings. The highest BCUT2D eigenvalue weighted by Gasteiger charge is 2.15. The first-order valence-corrected chi connectivity index (χ1v) is 20.2. The second kappa shape index (κ2) is 14.4. The minimum Gasteiger partial charge on any atom is -0.311 e. The molecule has 0 aliphatic heterocycles. The third kappa shape index (κ3) is 6.65. The average molecular weight is 738 g/mol. The summed E-state index contributed by atoms with van der Waals surface area (Å²) in [4.78, 5) is 4.95. The van der Waals surface area contributed by atoms with E-state index in [1.165, 1.54) is 74.4 Å². The Labute approximate surface area is 329 Å². The van der Waals surface area contributed by atoms with Crippen molar-refractivity contribution >= 4 is 59.9 Å². The summed E-state index contributed by atoms with van der Waals surface area (Å²) < 4.78 is 2.60. The average Bonchev–Trinajstić information content (AvgIpc) is 3.90. The summed E-state index contributed by atoms with van der Waals surface area (Å²) in [5.41, 5.74) is 13.1. The van der Waals surface area contributed by atoms with Crippen molar-refractivity contribution in [2.24, 2.45) is 0 Å². The van der Waals surface area contributed by atoms with Crippen LogP contribution >= 0.6 is 22.7 Å². The molecule has 0 aliphatic carbocycles. The van der Waals surface area contributed by atoms with E-state index >= 15 is 0 Å².